The van der Waals surface area contributed by atoms with Crippen LogP contribution in [0.15, 0.2) is 0 Å². The van der Waals surface area contributed by atoms with Gasteiger partial charge in [0.1, 0.15) is 24.4 Å². The van der Waals surface area contributed by atoms with Crippen molar-refractivity contribution in [2.24, 2.45) is 0 Å². The number of hydrogen-bond donors (Lipinski definition) is 1. The molecule has 7 nitrogen and oxygen atoms in total. The van der Waals surface area contributed by atoms with E-state index < -0.39 is 36.5 Å². The van der Waals surface area contributed by atoms with Crippen LogP contribution in [0.25, 0.3) is 0 Å². The van der Waals surface area contributed by atoms with E-state index in [1.54, 1.807) is 0 Å². The molecule has 0 spiro atoms. The molecule has 18 heavy (non-hydrogen) atoms. The average molecular weight is 264 g/mol. The van der Waals surface area contributed by atoms with E-state index in [9.17, 15) is 4.79 Å². The van der Waals surface area contributed by atoms with Gasteiger partial charge in [0.15, 0.2) is 6.10 Å². The predicted octanol–water partition coefficient (Wildman–Crippen LogP) is -0.470. The Morgan fingerprint density at radius 3 is 2.00 bits per heavy atom. The Kier molecular flexibility index (Phi) is 5.97. The van der Waals surface area contributed by atoms with Crippen molar-refractivity contribution < 1.29 is 33.6 Å². The lowest BCUT2D eigenvalue weighted by Crippen LogP contribution is -2.62. The van der Waals surface area contributed by atoms with Crippen LogP contribution in [0, 0.1) is 0 Å². The van der Waals surface area contributed by atoms with Gasteiger partial charge in [-0.15, -0.1) is 0 Å². The molecule has 7 heteroatoms. The summed E-state index contributed by atoms with van der Waals surface area (Å²) in [7, 11) is 5.92. The second kappa shape index (κ2) is 7.01. The van der Waals surface area contributed by atoms with Crippen LogP contribution in [-0.2, 0) is 28.5 Å². The van der Waals surface area contributed by atoms with Gasteiger partial charge in [0, 0.05) is 28.4 Å². The maximum absolute atomic E-state index is 11.2. The molecule has 1 unspecified atom stereocenters. The quantitative estimate of drug-likeness (QED) is 0.694. The predicted molar refractivity (Wildman–Crippen MR) is 60.6 cm³/mol. The average Bonchev–Trinajstić information content (AvgIpc) is 2.37. The van der Waals surface area contributed by atoms with E-state index in [1.807, 2.05) is 0 Å². The largest absolute Gasteiger partial charge is 0.479 e. The zero-order valence-electron chi connectivity index (χ0n) is 11.0. The monoisotopic (exact) mass is 264 g/mol. The van der Waals surface area contributed by atoms with Gasteiger partial charge in [-0.05, 0) is 0 Å². The van der Waals surface area contributed by atoms with Gasteiger partial charge in [0.05, 0.1) is 6.61 Å². The van der Waals surface area contributed by atoms with E-state index in [4.69, 9.17) is 28.8 Å². The summed E-state index contributed by atoms with van der Waals surface area (Å²) in [4.78, 5) is 11.2. The molecule has 0 aromatic rings. The fourth-order valence-electron chi connectivity index (χ4n) is 2.22. The molecular formula is C11H20O7. The molecular weight excluding hydrogens is 244 g/mol. The normalized spacial score (nSPS) is 36.6. The van der Waals surface area contributed by atoms with Gasteiger partial charge in [-0.2, -0.15) is 0 Å². The summed E-state index contributed by atoms with van der Waals surface area (Å²) in [6, 6.07) is 0. The van der Waals surface area contributed by atoms with Gasteiger partial charge in [0.25, 0.3) is 0 Å². The number of hydrogen-bond acceptors (Lipinski definition) is 6. The molecule has 1 heterocycles. The van der Waals surface area contributed by atoms with Gasteiger partial charge in [0.2, 0.25) is 0 Å². The summed E-state index contributed by atoms with van der Waals surface area (Å²) in [5.74, 6) is -1.10. The highest BCUT2D eigenvalue weighted by molar-refractivity contribution is 5.73. The fraction of sp³-hybridized carbons (Fsp3) is 0.909. The highest BCUT2D eigenvalue weighted by atomic mass is 16.6. The molecule has 5 atom stereocenters. The molecule has 0 amide bonds. The summed E-state index contributed by atoms with van der Waals surface area (Å²) in [6.45, 7) is 0.221. The molecule has 106 valence electrons. The van der Waals surface area contributed by atoms with Gasteiger partial charge in [-0.1, -0.05) is 0 Å². The second-order valence-corrected chi connectivity index (χ2v) is 3.99. The molecule has 1 fully saturated rings. The van der Waals surface area contributed by atoms with E-state index in [2.05, 4.69) is 0 Å². The third-order valence-electron chi connectivity index (χ3n) is 3.02. The molecule has 1 aliphatic rings. The standard InChI is InChI=1S/C11H20O7/c1-14-5-6-7(15-2)8(16-3)9(17-4)10(18-6)11(12)13/h6-10H,5H2,1-4H3,(H,12,13)/t6-,7-,8+,9-,10?/m1/s1. The zero-order chi connectivity index (χ0) is 13.7. The van der Waals surface area contributed by atoms with Crippen LogP contribution in [0.4, 0.5) is 0 Å². The summed E-state index contributed by atoms with van der Waals surface area (Å²) < 4.78 is 26.3. The van der Waals surface area contributed by atoms with Crippen molar-refractivity contribution >= 4 is 5.97 Å². The number of carbonyl (C=O) groups is 1. The number of carboxylic acid groups (broad SMARTS) is 1. The molecule has 0 bridgehead atoms. The highest BCUT2D eigenvalue weighted by Crippen LogP contribution is 2.27. The number of carboxylic acids is 1. The van der Waals surface area contributed by atoms with Crippen LogP contribution in [0.3, 0.4) is 0 Å². The summed E-state index contributed by atoms with van der Waals surface area (Å²) in [6.07, 6.45) is -3.33. The maximum Gasteiger partial charge on any atom is 0.335 e. The van der Waals surface area contributed by atoms with Crippen molar-refractivity contribution in [2.45, 2.75) is 30.5 Å². The van der Waals surface area contributed by atoms with Crippen molar-refractivity contribution in [1.29, 1.82) is 0 Å². The molecule has 1 N–H and O–H groups in total. The molecule has 0 saturated carbocycles. The van der Waals surface area contributed by atoms with E-state index >= 15 is 0 Å². The van der Waals surface area contributed by atoms with Crippen molar-refractivity contribution in [2.75, 3.05) is 35.0 Å². The van der Waals surface area contributed by atoms with Crippen LogP contribution in [-0.4, -0.2) is 76.6 Å². The van der Waals surface area contributed by atoms with Crippen LogP contribution in [0.2, 0.25) is 0 Å². The lowest BCUT2D eigenvalue weighted by Gasteiger charge is -2.43. The highest BCUT2D eigenvalue weighted by Gasteiger charge is 2.49. The van der Waals surface area contributed by atoms with E-state index in [-0.39, 0.29) is 6.61 Å². The first kappa shape index (κ1) is 15.3. The second-order valence-electron chi connectivity index (χ2n) is 3.99. The number of aliphatic carboxylic acids is 1. The third kappa shape index (κ3) is 2.99. The Labute approximate surface area is 106 Å². The Balaban J connectivity index is 2.95. The van der Waals surface area contributed by atoms with Crippen LogP contribution >= 0.6 is 0 Å². The Bertz CT molecular complexity index is 270. The molecule has 1 aliphatic heterocycles. The lowest BCUT2D eigenvalue weighted by atomic mass is 9.94. The topological polar surface area (TPSA) is 83.5 Å². The van der Waals surface area contributed by atoms with Crippen molar-refractivity contribution in [3.8, 4) is 0 Å². The number of methoxy groups -OCH3 is 4. The van der Waals surface area contributed by atoms with Gasteiger partial charge >= 0.3 is 5.97 Å². The summed E-state index contributed by atoms with van der Waals surface area (Å²) in [5.41, 5.74) is 0. The first-order chi connectivity index (χ1) is 8.60. The fourth-order valence-corrected chi connectivity index (χ4v) is 2.22. The minimum Gasteiger partial charge on any atom is -0.479 e. The van der Waals surface area contributed by atoms with E-state index in [0.717, 1.165) is 0 Å². The third-order valence-corrected chi connectivity index (χ3v) is 3.02. The SMILES string of the molecule is COC[C@H]1OC(C(=O)O)[C@H](OC)[C@@H](OC)[C@@H]1OC. The van der Waals surface area contributed by atoms with Gasteiger partial charge in [-0.25, -0.2) is 4.79 Å². The number of ether oxygens (including phenoxy) is 5. The lowest BCUT2D eigenvalue weighted by molar-refractivity contribution is -0.250. The first-order valence-electron chi connectivity index (χ1n) is 5.56. The molecule has 0 radical (unpaired) electrons. The van der Waals surface area contributed by atoms with Crippen LogP contribution < -0.4 is 0 Å². The summed E-state index contributed by atoms with van der Waals surface area (Å²) in [5, 5.41) is 9.16. The maximum atomic E-state index is 11.2. The molecule has 0 aliphatic carbocycles. The first-order valence-corrected chi connectivity index (χ1v) is 5.56. The number of rotatable bonds is 6. The molecule has 0 aromatic carbocycles. The molecule has 1 saturated heterocycles. The Morgan fingerprint density at radius 1 is 1.06 bits per heavy atom. The minimum absolute atomic E-state index is 0.221. The van der Waals surface area contributed by atoms with E-state index in [1.165, 1.54) is 28.4 Å². The van der Waals surface area contributed by atoms with Crippen molar-refractivity contribution in [3.05, 3.63) is 0 Å². The van der Waals surface area contributed by atoms with Gasteiger partial charge < -0.3 is 28.8 Å². The molecule has 1 rings (SSSR count). The van der Waals surface area contributed by atoms with Crippen molar-refractivity contribution in [1.82, 2.24) is 0 Å². The van der Waals surface area contributed by atoms with E-state index in [0.29, 0.717) is 0 Å². The smallest absolute Gasteiger partial charge is 0.335 e. The Morgan fingerprint density at radius 2 is 1.61 bits per heavy atom. The van der Waals surface area contributed by atoms with Crippen molar-refractivity contribution in [3.63, 3.8) is 0 Å². The van der Waals surface area contributed by atoms with Crippen LogP contribution in [0.5, 0.6) is 0 Å². The Hall–Kier alpha value is -0.730. The zero-order valence-corrected chi connectivity index (χ0v) is 11.0. The minimum atomic E-state index is -1.11. The molecule has 0 aromatic heterocycles. The summed E-state index contributed by atoms with van der Waals surface area (Å²) >= 11 is 0. The van der Waals surface area contributed by atoms with Crippen LogP contribution in [0.1, 0.15) is 0 Å². The van der Waals surface area contributed by atoms with Gasteiger partial charge in [-0.3, -0.25) is 0 Å².